The van der Waals surface area contributed by atoms with E-state index in [2.05, 4.69) is 74.4 Å². The van der Waals surface area contributed by atoms with Crippen molar-refractivity contribution < 1.29 is 19.0 Å². The number of amides is 1. The van der Waals surface area contributed by atoms with Crippen molar-refractivity contribution >= 4 is 22.9 Å². The molecule has 0 spiro atoms. The molecule has 5 aromatic rings. The van der Waals surface area contributed by atoms with Gasteiger partial charge in [-0.05, 0) is 79.3 Å². The summed E-state index contributed by atoms with van der Waals surface area (Å²) in [6.45, 7) is 4.89. The van der Waals surface area contributed by atoms with Crippen molar-refractivity contribution in [3.05, 3.63) is 108 Å². The van der Waals surface area contributed by atoms with E-state index in [1.807, 2.05) is 41.6 Å². The summed E-state index contributed by atoms with van der Waals surface area (Å²) in [4.78, 5) is 27.6. The Labute approximate surface area is 300 Å². The van der Waals surface area contributed by atoms with E-state index in [1.165, 1.54) is 5.56 Å². The molecule has 4 heterocycles. The molecule has 1 amide bonds. The summed E-state index contributed by atoms with van der Waals surface area (Å²) >= 11 is 0. The van der Waals surface area contributed by atoms with Crippen molar-refractivity contribution in [1.29, 1.82) is 0 Å². The number of ether oxygens (including phenoxy) is 3. The lowest BCUT2D eigenvalue weighted by Gasteiger charge is -2.36. The van der Waals surface area contributed by atoms with E-state index in [9.17, 15) is 4.79 Å². The first-order chi connectivity index (χ1) is 25.0. The van der Waals surface area contributed by atoms with Crippen LogP contribution in [0.4, 0.5) is 5.95 Å². The Morgan fingerprint density at radius 3 is 2.27 bits per heavy atom. The van der Waals surface area contributed by atoms with E-state index in [1.54, 1.807) is 21.3 Å². The Balaban J connectivity index is 1.01. The quantitative estimate of drug-likeness (QED) is 0.143. The zero-order chi connectivity index (χ0) is 35.2. The standard InChI is InChI=1S/C41H48N6O4/c1-49-36-22-32(23-37(50-2)39(36)51-3)27-46-29-41(25-38(46)48,24-30-10-5-4-6-11-30)17-21-45-19-15-33(16-20-45)43-40-44-34-13-7-8-14-35(34)47(40)28-31-12-9-18-42-26-31/h4-14,18,22-23,26,33H,15-17,19-21,24-25,27-29H2,1-3H3,(H,43,44). The lowest BCUT2D eigenvalue weighted by atomic mass is 9.77. The number of hydrogen-bond donors (Lipinski definition) is 1. The topological polar surface area (TPSA) is 94.0 Å². The molecule has 51 heavy (non-hydrogen) atoms. The van der Waals surface area contributed by atoms with Crippen LogP contribution in [-0.4, -0.2) is 83.8 Å². The first-order valence-electron chi connectivity index (χ1n) is 17.9. The average Bonchev–Trinajstić information content (AvgIpc) is 3.66. The number of hydrogen-bond acceptors (Lipinski definition) is 8. The third-order valence-corrected chi connectivity index (χ3v) is 10.5. The van der Waals surface area contributed by atoms with Crippen LogP contribution < -0.4 is 19.5 Å². The number of methoxy groups -OCH3 is 3. The van der Waals surface area contributed by atoms with E-state index >= 15 is 0 Å². The Bertz CT molecular complexity index is 1900. The number of nitrogens with zero attached hydrogens (tertiary/aromatic N) is 5. The van der Waals surface area contributed by atoms with Gasteiger partial charge < -0.3 is 33.9 Å². The number of aromatic nitrogens is 3. The molecule has 3 aromatic carbocycles. The number of benzene rings is 3. The maximum absolute atomic E-state index is 13.7. The van der Waals surface area contributed by atoms with Gasteiger partial charge in [-0.1, -0.05) is 48.5 Å². The highest BCUT2D eigenvalue weighted by molar-refractivity contribution is 5.80. The molecule has 1 N–H and O–H groups in total. The Morgan fingerprint density at radius 2 is 1.57 bits per heavy atom. The van der Waals surface area contributed by atoms with Gasteiger partial charge in [-0.15, -0.1) is 0 Å². The number of rotatable bonds is 14. The minimum Gasteiger partial charge on any atom is -0.493 e. The fourth-order valence-electron chi connectivity index (χ4n) is 7.87. The smallest absolute Gasteiger partial charge is 0.223 e. The van der Waals surface area contributed by atoms with Crippen molar-refractivity contribution in [1.82, 2.24) is 24.3 Å². The number of piperidine rings is 1. The third kappa shape index (κ3) is 7.81. The second-order valence-corrected chi connectivity index (χ2v) is 14.0. The van der Waals surface area contributed by atoms with Gasteiger partial charge in [-0.3, -0.25) is 9.78 Å². The summed E-state index contributed by atoms with van der Waals surface area (Å²) in [5.74, 6) is 2.85. The van der Waals surface area contributed by atoms with Gasteiger partial charge >= 0.3 is 0 Å². The lowest BCUT2D eigenvalue weighted by Crippen LogP contribution is -2.42. The molecular formula is C41H48N6O4. The second kappa shape index (κ2) is 15.4. The number of anilines is 1. The molecule has 2 aromatic heterocycles. The van der Waals surface area contributed by atoms with Crippen LogP contribution in [0.25, 0.3) is 11.0 Å². The van der Waals surface area contributed by atoms with Crippen LogP contribution in [0.1, 0.15) is 42.4 Å². The summed E-state index contributed by atoms with van der Waals surface area (Å²) in [5, 5.41) is 3.80. The zero-order valence-corrected chi connectivity index (χ0v) is 29.9. The van der Waals surface area contributed by atoms with E-state index in [-0.39, 0.29) is 11.3 Å². The summed E-state index contributed by atoms with van der Waals surface area (Å²) in [5.41, 5.74) is 5.35. The van der Waals surface area contributed by atoms with Crippen LogP contribution in [0.2, 0.25) is 0 Å². The van der Waals surface area contributed by atoms with Gasteiger partial charge in [-0.25, -0.2) is 4.98 Å². The number of nitrogens with one attached hydrogen (secondary N) is 1. The van der Waals surface area contributed by atoms with Gasteiger partial charge in [0.1, 0.15) is 0 Å². The predicted octanol–water partition coefficient (Wildman–Crippen LogP) is 6.43. The third-order valence-electron chi connectivity index (χ3n) is 10.5. The fourth-order valence-corrected chi connectivity index (χ4v) is 7.87. The minimum atomic E-state index is -0.147. The molecule has 2 saturated heterocycles. The SMILES string of the molecule is COc1cc(CN2CC(CCN3CCC(Nc4nc5ccccc5n4Cc4cccnc4)CC3)(Cc3ccccc3)CC2=O)cc(OC)c1OC. The van der Waals surface area contributed by atoms with Crippen LogP contribution in [0.5, 0.6) is 17.2 Å². The number of fused-ring (bicyclic) bond motifs is 1. The van der Waals surface area contributed by atoms with E-state index in [4.69, 9.17) is 19.2 Å². The molecule has 1 unspecified atom stereocenters. The number of imidazole rings is 1. The molecule has 2 aliphatic rings. The normalized spacial score (nSPS) is 18.3. The maximum Gasteiger partial charge on any atom is 0.223 e. The molecule has 1 atom stereocenters. The van der Waals surface area contributed by atoms with Gasteiger partial charge in [-0.2, -0.15) is 0 Å². The van der Waals surface area contributed by atoms with E-state index in [0.717, 1.165) is 73.4 Å². The first kappa shape index (κ1) is 34.4. The molecule has 0 radical (unpaired) electrons. The van der Waals surface area contributed by atoms with Crippen molar-refractivity contribution in [3.8, 4) is 17.2 Å². The molecule has 0 aliphatic carbocycles. The van der Waals surface area contributed by atoms with E-state index < -0.39 is 0 Å². The number of carbonyl (C=O) groups excluding carboxylic acids is 1. The van der Waals surface area contributed by atoms with Gasteiger partial charge in [0.25, 0.3) is 0 Å². The number of carbonyl (C=O) groups is 1. The first-order valence-corrected chi connectivity index (χ1v) is 17.9. The van der Waals surface area contributed by atoms with Crippen LogP contribution in [0, 0.1) is 5.41 Å². The Morgan fingerprint density at radius 1 is 0.843 bits per heavy atom. The molecule has 10 nitrogen and oxygen atoms in total. The highest BCUT2D eigenvalue weighted by Gasteiger charge is 2.43. The van der Waals surface area contributed by atoms with Crippen LogP contribution in [-0.2, 0) is 24.3 Å². The Kier molecular flexibility index (Phi) is 10.4. The van der Waals surface area contributed by atoms with Crippen LogP contribution >= 0.6 is 0 Å². The molecule has 2 aliphatic heterocycles. The van der Waals surface area contributed by atoms with Crippen LogP contribution in [0.3, 0.4) is 0 Å². The van der Waals surface area contributed by atoms with Gasteiger partial charge in [0.05, 0.1) is 38.9 Å². The van der Waals surface area contributed by atoms with Crippen molar-refractivity contribution in [2.24, 2.45) is 5.41 Å². The maximum atomic E-state index is 13.7. The molecular weight excluding hydrogens is 640 g/mol. The highest BCUT2D eigenvalue weighted by atomic mass is 16.5. The largest absolute Gasteiger partial charge is 0.493 e. The summed E-state index contributed by atoms with van der Waals surface area (Å²) in [7, 11) is 4.84. The summed E-state index contributed by atoms with van der Waals surface area (Å²) in [6, 6.07) is 27.3. The van der Waals surface area contributed by atoms with Crippen LogP contribution in [0.15, 0.2) is 91.3 Å². The monoisotopic (exact) mass is 688 g/mol. The summed E-state index contributed by atoms with van der Waals surface area (Å²) in [6.07, 6.45) is 8.17. The Hall–Kier alpha value is -5.09. The van der Waals surface area contributed by atoms with Gasteiger partial charge in [0.2, 0.25) is 17.6 Å². The molecule has 266 valence electrons. The predicted molar refractivity (Wildman–Crippen MR) is 199 cm³/mol. The summed E-state index contributed by atoms with van der Waals surface area (Å²) < 4.78 is 19.0. The molecule has 0 saturated carbocycles. The molecule has 10 heteroatoms. The fraction of sp³-hybridized carbons (Fsp3) is 0.390. The van der Waals surface area contributed by atoms with E-state index in [0.29, 0.717) is 49.3 Å². The number of para-hydroxylation sites is 2. The van der Waals surface area contributed by atoms with Gasteiger partial charge in [0, 0.05) is 56.5 Å². The average molecular weight is 689 g/mol. The minimum absolute atomic E-state index is 0.147. The highest BCUT2D eigenvalue weighted by Crippen LogP contribution is 2.42. The van der Waals surface area contributed by atoms with Gasteiger partial charge in [0.15, 0.2) is 11.5 Å². The number of likely N-dealkylation sites (tertiary alicyclic amines) is 2. The van der Waals surface area contributed by atoms with Crippen molar-refractivity contribution in [2.45, 2.75) is 51.2 Å². The number of pyridine rings is 1. The molecule has 7 rings (SSSR count). The second-order valence-electron chi connectivity index (χ2n) is 14.0. The van der Waals surface area contributed by atoms with Crippen molar-refractivity contribution in [2.75, 3.05) is 52.8 Å². The molecule has 0 bridgehead atoms. The van der Waals surface area contributed by atoms with Crippen molar-refractivity contribution in [3.63, 3.8) is 0 Å². The molecule has 2 fully saturated rings. The lowest BCUT2D eigenvalue weighted by molar-refractivity contribution is -0.128. The zero-order valence-electron chi connectivity index (χ0n) is 29.9.